The van der Waals surface area contributed by atoms with Gasteiger partial charge in [0, 0.05) is 7.05 Å². The van der Waals surface area contributed by atoms with Crippen LogP contribution in [0.2, 0.25) is 0 Å². The summed E-state index contributed by atoms with van der Waals surface area (Å²) in [5.41, 5.74) is 5.10. The molecule has 1 unspecified atom stereocenters. The lowest BCUT2D eigenvalue weighted by molar-refractivity contribution is 0.435. The van der Waals surface area contributed by atoms with Gasteiger partial charge in [-0.15, -0.1) is 0 Å². The van der Waals surface area contributed by atoms with Crippen LogP contribution in [0.1, 0.15) is 50.5 Å². The van der Waals surface area contributed by atoms with Gasteiger partial charge in [-0.3, -0.25) is 16.0 Å². The Balaban J connectivity index is 2.57. The van der Waals surface area contributed by atoms with Crippen molar-refractivity contribution in [1.29, 1.82) is 0 Å². The van der Waals surface area contributed by atoms with Crippen LogP contribution in [0.5, 0.6) is 0 Å². The molecule has 0 aromatic carbocycles. The van der Waals surface area contributed by atoms with E-state index in [9.17, 15) is 0 Å². The van der Waals surface area contributed by atoms with Crippen LogP contribution in [0.4, 0.5) is 0 Å². The fraction of sp³-hybridized carbons (Fsp3) is 0.750. The maximum absolute atomic E-state index is 5.61. The van der Waals surface area contributed by atoms with Gasteiger partial charge in [0.05, 0.1) is 17.4 Å². The Morgan fingerprint density at radius 2 is 2.12 bits per heavy atom. The van der Waals surface area contributed by atoms with Crippen LogP contribution in [0, 0.1) is 12.8 Å². The second-order valence-corrected chi connectivity index (χ2v) is 4.88. The summed E-state index contributed by atoms with van der Waals surface area (Å²) in [5.74, 6) is 6.36. The Bertz CT molecular complexity index is 317. The SMILES string of the molecule is Cc1cc(C(CCCC(C)C)NN)n(C)n1. The molecule has 0 amide bonds. The van der Waals surface area contributed by atoms with Crippen LogP contribution in [-0.2, 0) is 7.05 Å². The summed E-state index contributed by atoms with van der Waals surface area (Å²) < 4.78 is 1.91. The summed E-state index contributed by atoms with van der Waals surface area (Å²) in [6.45, 7) is 6.50. The molecule has 1 aromatic rings. The van der Waals surface area contributed by atoms with E-state index in [-0.39, 0.29) is 6.04 Å². The lowest BCUT2D eigenvalue weighted by Crippen LogP contribution is -2.29. The van der Waals surface area contributed by atoms with E-state index in [0.717, 1.165) is 18.0 Å². The monoisotopic (exact) mass is 224 g/mol. The van der Waals surface area contributed by atoms with Crippen molar-refractivity contribution in [2.75, 3.05) is 0 Å². The third-order valence-electron chi connectivity index (χ3n) is 2.87. The van der Waals surface area contributed by atoms with Crippen molar-refractivity contribution >= 4 is 0 Å². The molecule has 0 aliphatic carbocycles. The Kier molecular flexibility index (Phi) is 4.96. The Morgan fingerprint density at radius 1 is 1.44 bits per heavy atom. The molecule has 0 aliphatic heterocycles. The summed E-state index contributed by atoms with van der Waals surface area (Å²) in [5, 5.41) is 4.34. The van der Waals surface area contributed by atoms with Gasteiger partial charge in [-0.2, -0.15) is 5.10 Å². The van der Waals surface area contributed by atoms with E-state index < -0.39 is 0 Å². The maximum atomic E-state index is 5.61. The van der Waals surface area contributed by atoms with Gasteiger partial charge in [0.15, 0.2) is 0 Å². The van der Waals surface area contributed by atoms with Gasteiger partial charge in [0.1, 0.15) is 0 Å². The first-order valence-corrected chi connectivity index (χ1v) is 6.01. The number of aromatic nitrogens is 2. The number of nitrogens with one attached hydrogen (secondary N) is 1. The average Bonchev–Trinajstić information content (AvgIpc) is 2.52. The molecule has 0 bridgehead atoms. The van der Waals surface area contributed by atoms with E-state index >= 15 is 0 Å². The zero-order valence-corrected chi connectivity index (χ0v) is 10.8. The molecule has 1 heterocycles. The van der Waals surface area contributed by atoms with Crippen LogP contribution in [0.3, 0.4) is 0 Å². The van der Waals surface area contributed by atoms with E-state index in [4.69, 9.17) is 5.84 Å². The van der Waals surface area contributed by atoms with Crippen LogP contribution in [0.25, 0.3) is 0 Å². The molecule has 92 valence electrons. The quantitative estimate of drug-likeness (QED) is 0.574. The second kappa shape index (κ2) is 6.01. The first-order valence-electron chi connectivity index (χ1n) is 6.01. The van der Waals surface area contributed by atoms with E-state index in [2.05, 4.69) is 30.4 Å². The topological polar surface area (TPSA) is 55.9 Å². The number of aryl methyl sites for hydroxylation is 2. The van der Waals surface area contributed by atoms with Crippen LogP contribution < -0.4 is 11.3 Å². The third-order valence-corrected chi connectivity index (χ3v) is 2.87. The molecule has 0 saturated heterocycles. The molecule has 0 saturated carbocycles. The van der Waals surface area contributed by atoms with E-state index in [1.807, 2.05) is 18.7 Å². The van der Waals surface area contributed by atoms with Crippen molar-refractivity contribution in [3.63, 3.8) is 0 Å². The Hall–Kier alpha value is -0.870. The average molecular weight is 224 g/mol. The zero-order chi connectivity index (χ0) is 12.1. The van der Waals surface area contributed by atoms with Crippen LogP contribution >= 0.6 is 0 Å². The van der Waals surface area contributed by atoms with Crippen molar-refractivity contribution in [3.8, 4) is 0 Å². The summed E-state index contributed by atoms with van der Waals surface area (Å²) in [4.78, 5) is 0. The van der Waals surface area contributed by atoms with Crippen LogP contribution in [-0.4, -0.2) is 9.78 Å². The molecule has 4 heteroatoms. The molecule has 1 atom stereocenters. The van der Waals surface area contributed by atoms with Crippen molar-refractivity contribution in [2.24, 2.45) is 18.8 Å². The molecule has 16 heavy (non-hydrogen) atoms. The largest absolute Gasteiger partial charge is 0.271 e. The summed E-state index contributed by atoms with van der Waals surface area (Å²) in [6, 6.07) is 2.31. The highest BCUT2D eigenvalue weighted by Crippen LogP contribution is 2.20. The standard InChI is InChI=1S/C12H24N4/c1-9(2)6-5-7-11(14-13)12-8-10(3)15-16(12)4/h8-9,11,14H,5-7,13H2,1-4H3. The molecule has 0 radical (unpaired) electrons. The lowest BCUT2D eigenvalue weighted by Gasteiger charge is -2.16. The van der Waals surface area contributed by atoms with Crippen molar-refractivity contribution in [2.45, 2.75) is 46.1 Å². The predicted octanol–water partition coefficient (Wildman–Crippen LogP) is 2.06. The zero-order valence-electron chi connectivity index (χ0n) is 10.8. The van der Waals surface area contributed by atoms with Gasteiger partial charge < -0.3 is 0 Å². The molecular weight excluding hydrogens is 200 g/mol. The van der Waals surface area contributed by atoms with Gasteiger partial charge in [-0.05, 0) is 25.3 Å². The van der Waals surface area contributed by atoms with Gasteiger partial charge in [-0.25, -0.2) is 0 Å². The highest BCUT2D eigenvalue weighted by Gasteiger charge is 2.14. The summed E-state index contributed by atoms with van der Waals surface area (Å²) in [7, 11) is 1.97. The lowest BCUT2D eigenvalue weighted by atomic mass is 10.0. The van der Waals surface area contributed by atoms with Crippen molar-refractivity contribution in [3.05, 3.63) is 17.5 Å². The minimum atomic E-state index is 0.213. The number of hydrogen-bond donors (Lipinski definition) is 2. The predicted molar refractivity (Wildman–Crippen MR) is 66.7 cm³/mol. The summed E-state index contributed by atoms with van der Waals surface area (Å²) >= 11 is 0. The fourth-order valence-corrected chi connectivity index (χ4v) is 2.00. The Morgan fingerprint density at radius 3 is 2.56 bits per heavy atom. The number of nitrogens with zero attached hydrogens (tertiary/aromatic N) is 2. The van der Waals surface area contributed by atoms with E-state index in [0.29, 0.717) is 0 Å². The molecule has 1 aromatic heterocycles. The summed E-state index contributed by atoms with van der Waals surface area (Å²) in [6.07, 6.45) is 3.50. The highest BCUT2D eigenvalue weighted by atomic mass is 15.3. The van der Waals surface area contributed by atoms with Crippen molar-refractivity contribution < 1.29 is 0 Å². The Labute approximate surface area is 98.2 Å². The molecule has 0 aliphatic rings. The fourth-order valence-electron chi connectivity index (χ4n) is 2.00. The first-order chi connectivity index (χ1) is 7.54. The number of hydrogen-bond acceptors (Lipinski definition) is 3. The van der Waals surface area contributed by atoms with Gasteiger partial charge in [-0.1, -0.05) is 26.7 Å². The van der Waals surface area contributed by atoms with Gasteiger partial charge in [0.2, 0.25) is 0 Å². The first kappa shape index (κ1) is 13.2. The highest BCUT2D eigenvalue weighted by molar-refractivity contribution is 5.12. The molecule has 3 N–H and O–H groups in total. The second-order valence-electron chi connectivity index (χ2n) is 4.88. The van der Waals surface area contributed by atoms with Crippen LogP contribution in [0.15, 0.2) is 6.07 Å². The van der Waals surface area contributed by atoms with E-state index in [1.165, 1.54) is 18.5 Å². The minimum Gasteiger partial charge on any atom is -0.271 e. The van der Waals surface area contributed by atoms with E-state index in [1.54, 1.807) is 0 Å². The van der Waals surface area contributed by atoms with Gasteiger partial charge >= 0.3 is 0 Å². The molecule has 1 rings (SSSR count). The van der Waals surface area contributed by atoms with Crippen molar-refractivity contribution in [1.82, 2.24) is 15.2 Å². The molecule has 0 spiro atoms. The molecular formula is C12H24N4. The smallest absolute Gasteiger partial charge is 0.0629 e. The number of hydrazine groups is 1. The number of rotatable bonds is 6. The molecule has 0 fully saturated rings. The molecule has 4 nitrogen and oxygen atoms in total. The maximum Gasteiger partial charge on any atom is 0.0629 e. The van der Waals surface area contributed by atoms with Gasteiger partial charge in [0.25, 0.3) is 0 Å². The third kappa shape index (κ3) is 3.61. The normalized spacial score (nSPS) is 13.4. The minimum absolute atomic E-state index is 0.213. The number of nitrogens with two attached hydrogens (primary N) is 1.